The van der Waals surface area contributed by atoms with Gasteiger partial charge in [-0.05, 0) is 42.0 Å². The number of hydrogen-bond donors (Lipinski definition) is 2. The van der Waals surface area contributed by atoms with Crippen molar-refractivity contribution in [3.05, 3.63) is 64.1 Å². The molecule has 0 aromatic heterocycles. The first-order chi connectivity index (χ1) is 13.0. The molecule has 0 fully saturated rings. The fraction of sp³-hybridized carbons (Fsp3) is 0.200. The molecule has 0 aliphatic carbocycles. The van der Waals surface area contributed by atoms with E-state index in [-0.39, 0.29) is 18.6 Å². The maximum absolute atomic E-state index is 12.3. The lowest BCUT2D eigenvalue weighted by Gasteiger charge is -2.26. The topological polar surface area (TPSA) is 90.7 Å². The van der Waals surface area contributed by atoms with Gasteiger partial charge in [0.25, 0.3) is 5.91 Å². The van der Waals surface area contributed by atoms with Crippen LogP contribution in [0, 0.1) is 0 Å². The number of halogens is 1. The van der Waals surface area contributed by atoms with Crippen LogP contribution in [0.15, 0.2) is 53.0 Å². The zero-order chi connectivity index (χ0) is 19.2. The van der Waals surface area contributed by atoms with Gasteiger partial charge < -0.3 is 20.5 Å². The Balaban J connectivity index is 1.60. The summed E-state index contributed by atoms with van der Waals surface area (Å²) in [5, 5.41) is 3.01. The largest absolute Gasteiger partial charge is 0.493 e. The summed E-state index contributed by atoms with van der Waals surface area (Å²) in [7, 11) is 0. The first kappa shape index (κ1) is 19.0. The Morgan fingerprint density at radius 1 is 1.26 bits per heavy atom. The molecule has 2 aromatic rings. The van der Waals surface area contributed by atoms with Crippen molar-refractivity contribution in [1.29, 1.82) is 0 Å². The van der Waals surface area contributed by atoms with E-state index in [1.807, 2.05) is 18.2 Å². The third-order valence-electron chi connectivity index (χ3n) is 4.02. The van der Waals surface area contributed by atoms with Crippen molar-refractivity contribution in [3.63, 3.8) is 0 Å². The molecule has 1 atom stereocenters. The summed E-state index contributed by atoms with van der Waals surface area (Å²) in [6.07, 6.45) is 3.93. The number of carbonyl (C=O) groups is 2. The van der Waals surface area contributed by atoms with Crippen LogP contribution in [0.4, 0.5) is 0 Å². The highest BCUT2D eigenvalue weighted by Crippen LogP contribution is 2.34. The number of hydrogen-bond acceptors (Lipinski definition) is 4. The van der Waals surface area contributed by atoms with E-state index < -0.39 is 5.91 Å². The third kappa shape index (κ3) is 5.34. The Kier molecular flexibility index (Phi) is 6.13. The highest BCUT2D eigenvalue weighted by atomic mass is 79.9. The normalized spacial score (nSPS) is 15.7. The Labute approximate surface area is 165 Å². The molecule has 1 aliphatic rings. The molecule has 0 saturated heterocycles. The lowest BCUT2D eigenvalue weighted by atomic mass is 10.0. The van der Waals surface area contributed by atoms with Crippen molar-refractivity contribution in [2.75, 3.05) is 13.2 Å². The summed E-state index contributed by atoms with van der Waals surface area (Å²) in [5.74, 6) is 0.629. The van der Waals surface area contributed by atoms with Crippen LogP contribution in [0.1, 0.15) is 23.6 Å². The molecule has 1 unspecified atom stereocenters. The van der Waals surface area contributed by atoms with Gasteiger partial charge in [0, 0.05) is 22.5 Å². The SMILES string of the molecule is NC(=O)COc1ccc(/C=C/C(=O)NC2CCOc3ccc(Br)cc32)cc1. The van der Waals surface area contributed by atoms with Gasteiger partial charge in [0.1, 0.15) is 11.5 Å². The van der Waals surface area contributed by atoms with Gasteiger partial charge in [-0.25, -0.2) is 0 Å². The van der Waals surface area contributed by atoms with Crippen molar-refractivity contribution in [1.82, 2.24) is 5.32 Å². The number of rotatable bonds is 6. The quantitative estimate of drug-likeness (QED) is 0.689. The number of carbonyl (C=O) groups excluding carboxylic acids is 2. The van der Waals surface area contributed by atoms with E-state index >= 15 is 0 Å². The van der Waals surface area contributed by atoms with E-state index in [1.165, 1.54) is 6.08 Å². The second kappa shape index (κ2) is 8.73. The molecule has 1 heterocycles. The number of benzene rings is 2. The van der Waals surface area contributed by atoms with Crippen LogP contribution in [-0.4, -0.2) is 25.0 Å². The summed E-state index contributed by atoms with van der Waals surface area (Å²) < 4.78 is 11.8. The van der Waals surface area contributed by atoms with Crippen LogP contribution < -0.4 is 20.5 Å². The van der Waals surface area contributed by atoms with Gasteiger partial charge in [0.15, 0.2) is 6.61 Å². The third-order valence-corrected chi connectivity index (χ3v) is 4.51. The first-order valence-electron chi connectivity index (χ1n) is 8.43. The van der Waals surface area contributed by atoms with Gasteiger partial charge in [-0.2, -0.15) is 0 Å². The smallest absolute Gasteiger partial charge is 0.255 e. The Morgan fingerprint density at radius 3 is 2.78 bits per heavy atom. The minimum atomic E-state index is -0.530. The fourth-order valence-electron chi connectivity index (χ4n) is 2.74. The molecule has 27 heavy (non-hydrogen) atoms. The highest BCUT2D eigenvalue weighted by molar-refractivity contribution is 9.10. The number of fused-ring (bicyclic) bond motifs is 1. The molecule has 0 spiro atoms. The molecule has 0 saturated carbocycles. The van der Waals surface area contributed by atoms with E-state index in [0.717, 1.165) is 27.8 Å². The van der Waals surface area contributed by atoms with Gasteiger partial charge in [0.05, 0.1) is 12.6 Å². The molecule has 0 bridgehead atoms. The van der Waals surface area contributed by atoms with Crippen LogP contribution in [0.25, 0.3) is 6.08 Å². The van der Waals surface area contributed by atoms with E-state index in [2.05, 4.69) is 21.2 Å². The van der Waals surface area contributed by atoms with Crippen LogP contribution in [0.2, 0.25) is 0 Å². The lowest BCUT2D eigenvalue weighted by Crippen LogP contribution is -2.31. The maximum atomic E-state index is 12.3. The van der Waals surface area contributed by atoms with Crippen molar-refractivity contribution in [3.8, 4) is 11.5 Å². The van der Waals surface area contributed by atoms with Gasteiger partial charge in [-0.3, -0.25) is 9.59 Å². The van der Waals surface area contributed by atoms with Crippen molar-refractivity contribution >= 4 is 33.8 Å². The first-order valence-corrected chi connectivity index (χ1v) is 9.22. The predicted octanol–water partition coefficient (Wildman–Crippen LogP) is 2.97. The van der Waals surface area contributed by atoms with Gasteiger partial charge in [-0.1, -0.05) is 28.1 Å². The van der Waals surface area contributed by atoms with Crippen molar-refractivity contribution < 1.29 is 19.1 Å². The van der Waals surface area contributed by atoms with Crippen molar-refractivity contribution in [2.24, 2.45) is 5.73 Å². The fourth-order valence-corrected chi connectivity index (χ4v) is 3.12. The van der Waals surface area contributed by atoms with Crippen LogP contribution >= 0.6 is 15.9 Å². The van der Waals surface area contributed by atoms with E-state index in [9.17, 15) is 9.59 Å². The zero-order valence-corrected chi connectivity index (χ0v) is 16.1. The molecule has 3 rings (SSSR count). The summed E-state index contributed by atoms with van der Waals surface area (Å²) in [6, 6.07) is 12.7. The van der Waals surface area contributed by atoms with Crippen LogP contribution in [0.3, 0.4) is 0 Å². The molecule has 6 nitrogen and oxygen atoms in total. The second-order valence-corrected chi connectivity index (χ2v) is 6.95. The minimum Gasteiger partial charge on any atom is -0.493 e. The monoisotopic (exact) mass is 430 g/mol. The Bertz CT molecular complexity index is 865. The molecule has 2 amide bonds. The predicted molar refractivity (Wildman–Crippen MR) is 105 cm³/mol. The molecular formula is C20H19BrN2O4. The minimum absolute atomic E-state index is 0.0898. The number of primary amides is 1. The maximum Gasteiger partial charge on any atom is 0.255 e. The Morgan fingerprint density at radius 2 is 2.04 bits per heavy atom. The summed E-state index contributed by atoms with van der Waals surface area (Å²) in [5.41, 5.74) is 6.84. The molecule has 3 N–H and O–H groups in total. The molecule has 0 radical (unpaired) electrons. The molecule has 7 heteroatoms. The number of nitrogens with one attached hydrogen (secondary N) is 1. The summed E-state index contributed by atoms with van der Waals surface area (Å²) in [4.78, 5) is 23.0. The lowest BCUT2D eigenvalue weighted by molar-refractivity contribution is -0.120. The van der Waals surface area contributed by atoms with Gasteiger partial charge in [0.2, 0.25) is 5.91 Å². The van der Waals surface area contributed by atoms with Gasteiger partial charge in [-0.15, -0.1) is 0 Å². The number of amides is 2. The Hall–Kier alpha value is -2.80. The highest BCUT2D eigenvalue weighted by Gasteiger charge is 2.22. The zero-order valence-electron chi connectivity index (χ0n) is 14.5. The van der Waals surface area contributed by atoms with E-state index in [4.69, 9.17) is 15.2 Å². The molecule has 1 aliphatic heterocycles. The van der Waals surface area contributed by atoms with E-state index in [0.29, 0.717) is 12.4 Å². The summed E-state index contributed by atoms with van der Waals surface area (Å²) >= 11 is 3.45. The number of nitrogens with two attached hydrogens (primary N) is 1. The molecular weight excluding hydrogens is 412 g/mol. The van der Waals surface area contributed by atoms with Crippen LogP contribution in [-0.2, 0) is 9.59 Å². The second-order valence-electron chi connectivity index (χ2n) is 6.04. The molecule has 2 aromatic carbocycles. The summed E-state index contributed by atoms with van der Waals surface area (Å²) in [6.45, 7) is 0.399. The van der Waals surface area contributed by atoms with Crippen molar-refractivity contribution in [2.45, 2.75) is 12.5 Å². The number of ether oxygens (including phenoxy) is 2. The standard InChI is InChI=1S/C20H19BrN2O4/c21-14-4-7-18-16(11-14)17(9-10-26-18)23-20(25)8-3-13-1-5-15(6-2-13)27-12-19(22)24/h1-8,11,17H,9-10,12H2,(H2,22,24)(H,23,25)/b8-3+. The van der Waals surface area contributed by atoms with Gasteiger partial charge >= 0.3 is 0 Å². The van der Waals surface area contributed by atoms with E-state index in [1.54, 1.807) is 30.3 Å². The average molecular weight is 431 g/mol. The molecule has 140 valence electrons. The average Bonchev–Trinajstić information content (AvgIpc) is 2.66. The van der Waals surface area contributed by atoms with Crippen LogP contribution in [0.5, 0.6) is 11.5 Å².